The number of hydrogen-bond donors (Lipinski definition) is 1. The second-order valence-corrected chi connectivity index (χ2v) is 5.73. The van der Waals surface area contributed by atoms with Crippen LogP contribution in [-0.2, 0) is 6.42 Å². The highest BCUT2D eigenvalue weighted by molar-refractivity contribution is 5.48. The Morgan fingerprint density at radius 1 is 1.33 bits per heavy atom. The largest absolute Gasteiger partial charge is 0.493 e. The van der Waals surface area contributed by atoms with E-state index in [1.807, 2.05) is 0 Å². The zero-order valence-corrected chi connectivity index (χ0v) is 11.3. The molecule has 2 unspecified atom stereocenters. The van der Waals surface area contributed by atoms with Crippen molar-refractivity contribution in [3.8, 4) is 5.75 Å². The second-order valence-electron chi connectivity index (χ2n) is 5.73. The Kier molecular flexibility index (Phi) is 3.04. The monoisotopic (exact) mass is 246 g/mol. The summed E-state index contributed by atoms with van der Waals surface area (Å²) >= 11 is 0. The molecular weight excluding hydrogens is 224 g/mol. The molecule has 0 bridgehead atoms. The van der Waals surface area contributed by atoms with Crippen molar-refractivity contribution in [2.75, 3.05) is 20.2 Å². The first-order valence-electron chi connectivity index (χ1n) is 6.87. The summed E-state index contributed by atoms with van der Waals surface area (Å²) in [7, 11) is 2.17. The lowest BCUT2D eigenvalue weighted by atomic mass is 9.90. The molecule has 2 aliphatic heterocycles. The lowest BCUT2D eigenvalue weighted by Crippen LogP contribution is -2.42. The van der Waals surface area contributed by atoms with Gasteiger partial charge in [0, 0.05) is 30.6 Å². The summed E-state index contributed by atoms with van der Waals surface area (Å²) in [5.74, 6) is 1.15. The summed E-state index contributed by atoms with van der Waals surface area (Å²) < 4.78 is 5.86. The average Bonchev–Trinajstić information content (AvgIpc) is 2.76. The number of hydrogen-bond acceptors (Lipinski definition) is 3. The fraction of sp³-hybridized carbons (Fsp3) is 0.600. The zero-order chi connectivity index (χ0) is 12.7. The van der Waals surface area contributed by atoms with E-state index < -0.39 is 0 Å². The maximum Gasteiger partial charge on any atom is 0.127 e. The predicted molar refractivity (Wildman–Crippen MR) is 73.0 cm³/mol. The molecule has 3 rings (SSSR count). The summed E-state index contributed by atoms with van der Waals surface area (Å²) in [4.78, 5) is 2.38. The molecular formula is C15H22N2O. The Bertz CT molecular complexity index is 458. The molecule has 0 aliphatic carbocycles. The summed E-state index contributed by atoms with van der Waals surface area (Å²) in [5.41, 5.74) is 10.1. The Labute approximate surface area is 109 Å². The summed E-state index contributed by atoms with van der Waals surface area (Å²) in [6.45, 7) is 3.99. The van der Waals surface area contributed by atoms with E-state index >= 15 is 0 Å². The van der Waals surface area contributed by atoms with Gasteiger partial charge in [-0.25, -0.2) is 0 Å². The number of fused-ring (bicyclic) bond motifs is 1. The van der Waals surface area contributed by atoms with Crippen LogP contribution in [0.5, 0.6) is 5.75 Å². The molecule has 98 valence electrons. The van der Waals surface area contributed by atoms with E-state index in [0.717, 1.165) is 38.2 Å². The molecule has 0 aromatic heterocycles. The van der Waals surface area contributed by atoms with Crippen LogP contribution in [0.15, 0.2) is 12.1 Å². The molecule has 2 atom stereocenters. The molecule has 1 saturated heterocycles. The second kappa shape index (κ2) is 4.56. The van der Waals surface area contributed by atoms with Crippen molar-refractivity contribution in [1.82, 2.24) is 4.90 Å². The number of nitrogens with zero attached hydrogens (tertiary/aromatic N) is 1. The van der Waals surface area contributed by atoms with E-state index in [4.69, 9.17) is 10.5 Å². The summed E-state index contributed by atoms with van der Waals surface area (Å²) in [6.07, 6.45) is 3.30. The van der Waals surface area contributed by atoms with Gasteiger partial charge in [-0.2, -0.15) is 0 Å². The van der Waals surface area contributed by atoms with E-state index in [2.05, 4.69) is 31.0 Å². The zero-order valence-electron chi connectivity index (χ0n) is 11.3. The number of likely N-dealkylation sites (tertiary alicyclic amines) is 1. The highest BCUT2D eigenvalue weighted by atomic mass is 16.5. The van der Waals surface area contributed by atoms with Gasteiger partial charge in [0.25, 0.3) is 0 Å². The summed E-state index contributed by atoms with van der Waals surface area (Å²) in [5, 5.41) is 0. The standard InChI is InChI=1S/C15H22N2O/c1-10-7-11-5-6-18-15(11)13(8-10)14-4-3-12(16)9-17(14)2/h7-8,12,14H,3-6,9,16H2,1-2H3. The molecule has 0 saturated carbocycles. The molecule has 1 aromatic carbocycles. The maximum atomic E-state index is 6.04. The van der Waals surface area contributed by atoms with Crippen LogP contribution in [0.25, 0.3) is 0 Å². The van der Waals surface area contributed by atoms with Crippen molar-refractivity contribution in [1.29, 1.82) is 0 Å². The van der Waals surface area contributed by atoms with Gasteiger partial charge >= 0.3 is 0 Å². The van der Waals surface area contributed by atoms with Crippen molar-refractivity contribution >= 4 is 0 Å². The lowest BCUT2D eigenvalue weighted by molar-refractivity contribution is 0.166. The molecule has 0 spiro atoms. The van der Waals surface area contributed by atoms with Gasteiger partial charge in [-0.3, -0.25) is 4.90 Å². The van der Waals surface area contributed by atoms with E-state index in [9.17, 15) is 0 Å². The van der Waals surface area contributed by atoms with Crippen molar-refractivity contribution in [3.63, 3.8) is 0 Å². The van der Waals surface area contributed by atoms with Crippen LogP contribution < -0.4 is 10.5 Å². The number of likely N-dealkylation sites (N-methyl/N-ethyl adjacent to an activating group) is 1. The van der Waals surface area contributed by atoms with Gasteiger partial charge in [-0.15, -0.1) is 0 Å². The molecule has 3 heteroatoms. The van der Waals surface area contributed by atoms with E-state index in [0.29, 0.717) is 12.1 Å². The number of nitrogens with two attached hydrogens (primary N) is 1. The van der Waals surface area contributed by atoms with Crippen molar-refractivity contribution in [2.45, 2.75) is 38.3 Å². The van der Waals surface area contributed by atoms with Gasteiger partial charge in [0.2, 0.25) is 0 Å². The van der Waals surface area contributed by atoms with Crippen LogP contribution in [0.4, 0.5) is 0 Å². The molecule has 2 aliphatic rings. The Morgan fingerprint density at radius 2 is 2.17 bits per heavy atom. The first kappa shape index (κ1) is 12.0. The Morgan fingerprint density at radius 3 is 2.94 bits per heavy atom. The fourth-order valence-electron chi connectivity index (χ4n) is 3.32. The van der Waals surface area contributed by atoms with Crippen LogP contribution in [0.2, 0.25) is 0 Å². The van der Waals surface area contributed by atoms with Gasteiger partial charge in [-0.05, 0) is 32.4 Å². The third-order valence-corrected chi connectivity index (χ3v) is 4.18. The van der Waals surface area contributed by atoms with Crippen LogP contribution in [-0.4, -0.2) is 31.1 Å². The molecule has 3 nitrogen and oxygen atoms in total. The average molecular weight is 246 g/mol. The van der Waals surface area contributed by atoms with Crippen LogP contribution in [0, 0.1) is 6.92 Å². The molecule has 1 aromatic rings. The van der Waals surface area contributed by atoms with Gasteiger partial charge in [0.15, 0.2) is 0 Å². The molecule has 2 heterocycles. The molecule has 0 radical (unpaired) electrons. The van der Waals surface area contributed by atoms with Gasteiger partial charge in [0.05, 0.1) is 6.61 Å². The smallest absolute Gasteiger partial charge is 0.127 e. The minimum absolute atomic E-state index is 0.324. The normalized spacial score (nSPS) is 27.9. The molecule has 2 N–H and O–H groups in total. The third kappa shape index (κ3) is 2.02. The molecule has 0 amide bonds. The van der Waals surface area contributed by atoms with Gasteiger partial charge in [-0.1, -0.05) is 17.7 Å². The first-order chi connectivity index (χ1) is 8.65. The van der Waals surface area contributed by atoms with Gasteiger partial charge in [0.1, 0.15) is 5.75 Å². The fourth-order valence-corrected chi connectivity index (χ4v) is 3.32. The number of benzene rings is 1. The van der Waals surface area contributed by atoms with Crippen molar-refractivity contribution < 1.29 is 4.74 Å². The third-order valence-electron chi connectivity index (χ3n) is 4.18. The number of piperidine rings is 1. The lowest BCUT2D eigenvalue weighted by Gasteiger charge is -2.36. The SMILES string of the molecule is Cc1cc2c(c(C3CCC(N)CN3C)c1)OCC2. The first-order valence-corrected chi connectivity index (χ1v) is 6.87. The van der Waals surface area contributed by atoms with Crippen LogP contribution in [0.1, 0.15) is 35.6 Å². The number of aryl methyl sites for hydroxylation is 1. The van der Waals surface area contributed by atoms with Crippen molar-refractivity contribution in [3.05, 3.63) is 28.8 Å². The van der Waals surface area contributed by atoms with Gasteiger partial charge < -0.3 is 10.5 Å². The Balaban J connectivity index is 1.97. The molecule has 18 heavy (non-hydrogen) atoms. The summed E-state index contributed by atoms with van der Waals surface area (Å²) in [6, 6.07) is 5.35. The van der Waals surface area contributed by atoms with Crippen LogP contribution >= 0.6 is 0 Å². The Hall–Kier alpha value is -1.06. The number of rotatable bonds is 1. The molecule has 1 fully saturated rings. The quantitative estimate of drug-likeness (QED) is 0.824. The minimum Gasteiger partial charge on any atom is -0.493 e. The predicted octanol–water partition coefficient (Wildman–Crippen LogP) is 2.02. The number of ether oxygens (including phenoxy) is 1. The van der Waals surface area contributed by atoms with Crippen molar-refractivity contribution in [2.24, 2.45) is 5.73 Å². The van der Waals surface area contributed by atoms with E-state index in [1.165, 1.54) is 16.7 Å². The minimum atomic E-state index is 0.324. The maximum absolute atomic E-state index is 6.04. The van der Waals surface area contributed by atoms with E-state index in [1.54, 1.807) is 0 Å². The topological polar surface area (TPSA) is 38.5 Å². The van der Waals surface area contributed by atoms with E-state index in [-0.39, 0.29) is 0 Å². The highest BCUT2D eigenvalue weighted by Crippen LogP contribution is 2.40. The van der Waals surface area contributed by atoms with Crippen LogP contribution in [0.3, 0.4) is 0 Å². The highest BCUT2D eigenvalue weighted by Gasteiger charge is 2.29.